The zero-order valence-corrected chi connectivity index (χ0v) is 16.8. The van der Waals surface area contributed by atoms with Crippen molar-refractivity contribution in [2.24, 2.45) is 0 Å². The lowest BCUT2D eigenvalue weighted by Gasteiger charge is -2.51. The van der Waals surface area contributed by atoms with E-state index in [1.165, 1.54) is 0 Å². The largest absolute Gasteiger partial charge is 0.389 e. The van der Waals surface area contributed by atoms with Crippen molar-refractivity contribution >= 4 is 5.78 Å². The number of aliphatic hydroxyl groups is 1. The van der Waals surface area contributed by atoms with Crippen LogP contribution in [-0.2, 0) is 27.5 Å². The van der Waals surface area contributed by atoms with Gasteiger partial charge in [-0.15, -0.1) is 0 Å². The molecule has 2 aromatic carbocycles. The molecule has 0 saturated carbocycles. The van der Waals surface area contributed by atoms with E-state index in [0.29, 0.717) is 32.6 Å². The van der Waals surface area contributed by atoms with Crippen molar-refractivity contribution in [2.75, 3.05) is 6.54 Å². The highest BCUT2D eigenvalue weighted by molar-refractivity contribution is 5.80. The van der Waals surface area contributed by atoms with Crippen LogP contribution in [0, 0.1) is 0 Å². The number of carbonyl (C=O) groups excluding carboxylic acids is 1. The lowest BCUT2D eigenvalue weighted by atomic mass is 9.84. The molecule has 5 heteroatoms. The molecular weight excluding hydrogens is 366 g/mol. The number of ketones is 1. The first kappa shape index (κ1) is 20.2. The smallest absolute Gasteiger partial charge is 0.136 e. The molecule has 2 heterocycles. The number of hydrogen-bond donors (Lipinski definition) is 1. The summed E-state index contributed by atoms with van der Waals surface area (Å²) in [6.45, 7) is 3.39. The number of hydrogen-bond acceptors (Lipinski definition) is 5. The van der Waals surface area contributed by atoms with Crippen LogP contribution in [0.2, 0.25) is 0 Å². The van der Waals surface area contributed by atoms with Crippen molar-refractivity contribution in [1.82, 2.24) is 4.90 Å². The average Bonchev–Trinajstić information content (AvgIpc) is 2.73. The van der Waals surface area contributed by atoms with Gasteiger partial charge < -0.3 is 14.6 Å². The van der Waals surface area contributed by atoms with Gasteiger partial charge in [-0.3, -0.25) is 9.69 Å². The summed E-state index contributed by atoms with van der Waals surface area (Å²) in [7, 11) is 0. The molecule has 2 aliphatic rings. The van der Waals surface area contributed by atoms with Crippen molar-refractivity contribution in [3.63, 3.8) is 0 Å². The molecule has 29 heavy (non-hydrogen) atoms. The molecule has 154 valence electrons. The summed E-state index contributed by atoms with van der Waals surface area (Å²) < 4.78 is 12.5. The number of ether oxygens (including phenoxy) is 2. The quantitative estimate of drug-likeness (QED) is 0.815. The van der Waals surface area contributed by atoms with Crippen molar-refractivity contribution < 1.29 is 19.4 Å². The predicted octanol–water partition coefficient (Wildman–Crippen LogP) is 2.95. The van der Waals surface area contributed by atoms with Crippen LogP contribution < -0.4 is 0 Å². The van der Waals surface area contributed by atoms with E-state index in [2.05, 4.69) is 11.8 Å². The van der Waals surface area contributed by atoms with E-state index in [0.717, 1.165) is 11.1 Å². The zero-order chi connectivity index (χ0) is 20.2. The third kappa shape index (κ3) is 4.75. The predicted molar refractivity (Wildman–Crippen MR) is 110 cm³/mol. The summed E-state index contributed by atoms with van der Waals surface area (Å²) in [5.41, 5.74) is 2.12. The van der Waals surface area contributed by atoms with Crippen LogP contribution in [0.3, 0.4) is 0 Å². The first-order chi connectivity index (χ1) is 14.1. The Morgan fingerprint density at radius 2 is 1.45 bits per heavy atom. The van der Waals surface area contributed by atoms with E-state index in [1.54, 1.807) is 0 Å². The van der Waals surface area contributed by atoms with Gasteiger partial charge >= 0.3 is 0 Å². The molecule has 2 saturated heterocycles. The Labute approximate surface area is 172 Å². The number of piperidine rings is 2. The van der Waals surface area contributed by atoms with Crippen LogP contribution in [-0.4, -0.2) is 52.7 Å². The minimum atomic E-state index is -0.661. The van der Waals surface area contributed by atoms with Gasteiger partial charge in [0.15, 0.2) is 0 Å². The maximum atomic E-state index is 12.3. The number of nitrogens with zero attached hydrogens (tertiary/aromatic N) is 1. The van der Waals surface area contributed by atoms with Crippen molar-refractivity contribution in [3.05, 3.63) is 71.8 Å². The number of Topliss-reactive ketones (excluding diaryl/α,β-unsaturated/α-hetero) is 1. The molecule has 1 N–H and O–H groups in total. The van der Waals surface area contributed by atoms with E-state index in [9.17, 15) is 9.90 Å². The Bertz CT molecular complexity index is 797. The second-order valence-corrected chi connectivity index (χ2v) is 8.15. The van der Waals surface area contributed by atoms with Gasteiger partial charge in [0, 0.05) is 31.5 Å². The normalized spacial score (nSPS) is 30.1. The van der Waals surface area contributed by atoms with Gasteiger partial charge in [-0.2, -0.15) is 0 Å². The maximum absolute atomic E-state index is 12.3. The second kappa shape index (κ2) is 9.18. The third-order valence-corrected chi connectivity index (χ3v) is 6.00. The molecule has 5 atom stereocenters. The summed E-state index contributed by atoms with van der Waals surface area (Å²) >= 11 is 0. The van der Waals surface area contributed by atoms with Crippen molar-refractivity contribution in [3.8, 4) is 0 Å². The average molecular weight is 395 g/mol. The highest BCUT2D eigenvalue weighted by Gasteiger charge is 2.48. The molecule has 2 fully saturated rings. The Morgan fingerprint density at radius 3 is 2.03 bits per heavy atom. The molecule has 0 spiro atoms. The minimum absolute atomic E-state index is 0.0702. The number of carbonyl (C=O) groups is 1. The van der Waals surface area contributed by atoms with Crippen LogP contribution in [0.15, 0.2) is 60.7 Å². The molecule has 0 amide bonds. The number of aliphatic hydroxyl groups excluding tert-OH is 1. The zero-order valence-electron chi connectivity index (χ0n) is 16.8. The first-order valence-electron chi connectivity index (χ1n) is 10.4. The molecule has 4 rings (SSSR count). The highest BCUT2D eigenvalue weighted by atomic mass is 16.5. The lowest BCUT2D eigenvalue weighted by molar-refractivity contribution is -0.199. The SMILES string of the molecule is C[C@@H]1CC(=O)C[C@H]2[C@H](OCc3ccccc3)[C@H](OCc3ccccc3)[C@H](O)CN12. The van der Waals surface area contributed by atoms with Gasteiger partial charge in [-0.25, -0.2) is 0 Å². The molecular formula is C24H29NO4. The van der Waals surface area contributed by atoms with Crippen molar-refractivity contribution in [2.45, 2.75) is 63.4 Å². The molecule has 0 aliphatic carbocycles. The summed E-state index contributed by atoms with van der Waals surface area (Å²) in [6.07, 6.45) is -0.523. The van der Waals surface area contributed by atoms with E-state index < -0.39 is 12.2 Å². The standard InChI is InChI=1S/C24H29NO4/c1-17-12-20(26)13-21-23(28-15-18-8-4-2-5-9-18)24(22(27)14-25(17)21)29-16-19-10-6-3-7-11-19/h2-11,17,21-24,27H,12-16H2,1H3/t17-,21+,22-,23+,24-/m1/s1. The second-order valence-electron chi connectivity index (χ2n) is 8.15. The third-order valence-electron chi connectivity index (χ3n) is 6.00. The number of fused-ring (bicyclic) bond motifs is 1. The van der Waals surface area contributed by atoms with Crippen LogP contribution in [0.25, 0.3) is 0 Å². The maximum Gasteiger partial charge on any atom is 0.136 e. The Balaban J connectivity index is 1.53. The van der Waals surface area contributed by atoms with Gasteiger partial charge in [-0.05, 0) is 18.1 Å². The number of benzene rings is 2. The lowest BCUT2D eigenvalue weighted by Crippen LogP contribution is -2.66. The highest BCUT2D eigenvalue weighted by Crippen LogP contribution is 2.33. The van der Waals surface area contributed by atoms with Gasteiger partial charge in [0.1, 0.15) is 18.0 Å². The van der Waals surface area contributed by atoms with E-state index >= 15 is 0 Å². The number of rotatable bonds is 6. The van der Waals surface area contributed by atoms with Crippen LogP contribution in [0.5, 0.6) is 0 Å². The van der Waals surface area contributed by atoms with Crippen LogP contribution >= 0.6 is 0 Å². The molecule has 2 aliphatic heterocycles. The fourth-order valence-electron chi connectivity index (χ4n) is 4.53. The summed E-state index contributed by atoms with van der Waals surface area (Å²) in [4.78, 5) is 14.6. The molecule has 5 nitrogen and oxygen atoms in total. The van der Waals surface area contributed by atoms with Gasteiger partial charge in [0.2, 0.25) is 0 Å². The van der Waals surface area contributed by atoms with E-state index in [4.69, 9.17) is 9.47 Å². The van der Waals surface area contributed by atoms with Crippen LogP contribution in [0.1, 0.15) is 30.9 Å². The topological polar surface area (TPSA) is 59.0 Å². The molecule has 0 radical (unpaired) electrons. The molecule has 2 aromatic rings. The van der Waals surface area contributed by atoms with Gasteiger partial charge in [0.05, 0.1) is 19.3 Å². The summed E-state index contributed by atoms with van der Waals surface area (Å²) in [5, 5.41) is 10.9. The van der Waals surface area contributed by atoms with E-state index in [1.807, 2.05) is 60.7 Å². The summed E-state index contributed by atoms with van der Waals surface area (Å²) in [5.74, 6) is 0.255. The Morgan fingerprint density at radius 1 is 0.897 bits per heavy atom. The molecule has 0 bridgehead atoms. The molecule has 0 unspecified atom stereocenters. The van der Waals surface area contributed by atoms with Gasteiger partial charge in [-0.1, -0.05) is 60.7 Å². The van der Waals surface area contributed by atoms with Crippen LogP contribution in [0.4, 0.5) is 0 Å². The van der Waals surface area contributed by atoms with E-state index in [-0.39, 0.29) is 24.0 Å². The fraction of sp³-hybridized carbons (Fsp3) is 0.458. The molecule has 0 aromatic heterocycles. The first-order valence-corrected chi connectivity index (χ1v) is 10.4. The summed E-state index contributed by atoms with van der Waals surface area (Å²) in [6, 6.07) is 19.9. The fourth-order valence-corrected chi connectivity index (χ4v) is 4.53. The minimum Gasteiger partial charge on any atom is -0.389 e. The monoisotopic (exact) mass is 395 g/mol. The van der Waals surface area contributed by atoms with Crippen molar-refractivity contribution in [1.29, 1.82) is 0 Å². The Hall–Kier alpha value is -2.05. The van der Waals surface area contributed by atoms with Gasteiger partial charge in [0.25, 0.3) is 0 Å². The Kier molecular flexibility index (Phi) is 6.40.